The largest absolute Gasteiger partial charge is 0.504 e. The van der Waals surface area contributed by atoms with Crippen LogP contribution in [0.3, 0.4) is 0 Å². The number of aromatic nitrogens is 1. The van der Waals surface area contributed by atoms with E-state index >= 15 is 0 Å². The van der Waals surface area contributed by atoms with Crippen molar-refractivity contribution in [2.75, 3.05) is 11.3 Å². The number of nitrogens with one attached hydrogen (secondary N) is 2. The van der Waals surface area contributed by atoms with Crippen LogP contribution in [0, 0.1) is 5.92 Å². The second kappa shape index (κ2) is 5.13. The Morgan fingerprint density at radius 1 is 1.50 bits per heavy atom. The summed E-state index contributed by atoms with van der Waals surface area (Å²) in [6.45, 7) is 4.10. The average molecular weight is 245 g/mol. The normalized spacial score (nSPS) is 11.7. The van der Waals surface area contributed by atoms with Crippen molar-refractivity contribution in [1.82, 2.24) is 9.71 Å². The molecule has 0 aliphatic carbocycles. The van der Waals surface area contributed by atoms with E-state index < -0.39 is 10.2 Å². The molecule has 0 radical (unpaired) electrons. The molecule has 1 rings (SSSR count). The average Bonchev–Trinajstić information content (AvgIpc) is 2.19. The molecular weight excluding hydrogens is 230 g/mol. The summed E-state index contributed by atoms with van der Waals surface area (Å²) in [7, 11) is -3.67. The number of rotatable bonds is 5. The van der Waals surface area contributed by atoms with Crippen LogP contribution < -0.4 is 9.44 Å². The van der Waals surface area contributed by atoms with Gasteiger partial charge in [0.05, 0.1) is 0 Å². The molecule has 90 valence electrons. The lowest BCUT2D eigenvalue weighted by Crippen LogP contribution is -2.33. The van der Waals surface area contributed by atoms with E-state index in [2.05, 4.69) is 14.4 Å². The Morgan fingerprint density at radius 3 is 2.75 bits per heavy atom. The fourth-order valence-corrected chi connectivity index (χ4v) is 1.95. The number of hydrogen-bond acceptors (Lipinski definition) is 4. The Hall–Kier alpha value is -1.34. The molecule has 0 saturated carbocycles. The lowest BCUT2D eigenvalue weighted by Gasteiger charge is -2.10. The predicted molar refractivity (Wildman–Crippen MR) is 61.3 cm³/mol. The molecule has 0 aromatic carbocycles. The number of pyridine rings is 1. The third-order valence-electron chi connectivity index (χ3n) is 1.70. The molecule has 0 fully saturated rings. The van der Waals surface area contributed by atoms with E-state index in [4.69, 9.17) is 0 Å². The standard InChI is InChI=1S/C9H15N3O3S/c1-7(2)6-11-16(14,15)12-9-8(13)4-3-5-10-9/h3-5,7,11,13H,6H2,1-2H3,(H,10,12). The Bertz CT molecular complexity index is 445. The third kappa shape index (κ3) is 4.03. The summed E-state index contributed by atoms with van der Waals surface area (Å²) in [5, 5.41) is 9.33. The van der Waals surface area contributed by atoms with Crippen molar-refractivity contribution < 1.29 is 13.5 Å². The first-order valence-electron chi connectivity index (χ1n) is 4.82. The predicted octanol–water partition coefficient (Wildman–Crippen LogP) is 0.689. The van der Waals surface area contributed by atoms with Crippen LogP contribution in [0.2, 0.25) is 0 Å². The maximum absolute atomic E-state index is 11.5. The van der Waals surface area contributed by atoms with Crippen LogP contribution in [0.5, 0.6) is 5.75 Å². The van der Waals surface area contributed by atoms with E-state index in [9.17, 15) is 13.5 Å². The number of anilines is 1. The van der Waals surface area contributed by atoms with Crippen molar-refractivity contribution in [3.05, 3.63) is 18.3 Å². The van der Waals surface area contributed by atoms with Crippen molar-refractivity contribution in [3.63, 3.8) is 0 Å². The SMILES string of the molecule is CC(C)CNS(=O)(=O)Nc1ncccc1O. The monoisotopic (exact) mass is 245 g/mol. The molecule has 0 spiro atoms. The first-order chi connectivity index (χ1) is 7.41. The summed E-state index contributed by atoms with van der Waals surface area (Å²) in [6.07, 6.45) is 1.39. The highest BCUT2D eigenvalue weighted by atomic mass is 32.2. The third-order valence-corrected chi connectivity index (χ3v) is 2.71. The van der Waals surface area contributed by atoms with E-state index in [0.29, 0.717) is 6.54 Å². The minimum absolute atomic E-state index is 0.0845. The zero-order chi connectivity index (χ0) is 12.2. The summed E-state index contributed by atoms with van der Waals surface area (Å²) in [5.74, 6) is -0.0925. The lowest BCUT2D eigenvalue weighted by atomic mass is 10.2. The first-order valence-corrected chi connectivity index (χ1v) is 6.30. The van der Waals surface area contributed by atoms with Gasteiger partial charge in [0.15, 0.2) is 11.6 Å². The van der Waals surface area contributed by atoms with E-state index in [1.54, 1.807) is 0 Å². The van der Waals surface area contributed by atoms with Gasteiger partial charge in [0.2, 0.25) is 0 Å². The molecule has 16 heavy (non-hydrogen) atoms. The molecule has 0 aliphatic heterocycles. The number of hydrogen-bond donors (Lipinski definition) is 3. The minimum Gasteiger partial charge on any atom is -0.504 e. The fraction of sp³-hybridized carbons (Fsp3) is 0.444. The van der Waals surface area contributed by atoms with Gasteiger partial charge in [0, 0.05) is 12.7 Å². The van der Waals surface area contributed by atoms with Crippen LogP contribution in [0.15, 0.2) is 18.3 Å². The van der Waals surface area contributed by atoms with Gasteiger partial charge >= 0.3 is 0 Å². The molecule has 1 heterocycles. The van der Waals surface area contributed by atoms with E-state index in [1.165, 1.54) is 18.3 Å². The van der Waals surface area contributed by atoms with Crippen LogP contribution in [0.25, 0.3) is 0 Å². The van der Waals surface area contributed by atoms with Crippen molar-refractivity contribution in [2.45, 2.75) is 13.8 Å². The Morgan fingerprint density at radius 2 is 2.19 bits per heavy atom. The molecule has 3 N–H and O–H groups in total. The maximum atomic E-state index is 11.5. The number of nitrogens with zero attached hydrogens (tertiary/aromatic N) is 1. The van der Waals surface area contributed by atoms with Crippen LogP contribution in [-0.2, 0) is 10.2 Å². The summed E-state index contributed by atoms with van der Waals surface area (Å²) in [4.78, 5) is 3.71. The molecule has 7 heteroatoms. The van der Waals surface area contributed by atoms with Gasteiger partial charge in [-0.1, -0.05) is 13.8 Å². The Labute approximate surface area is 94.9 Å². The van der Waals surface area contributed by atoms with E-state index in [-0.39, 0.29) is 17.5 Å². The van der Waals surface area contributed by atoms with Gasteiger partial charge in [0.25, 0.3) is 10.2 Å². The summed E-state index contributed by atoms with van der Waals surface area (Å²) in [5.41, 5.74) is 0. The quantitative estimate of drug-likeness (QED) is 0.711. The zero-order valence-corrected chi connectivity index (χ0v) is 9.95. The highest BCUT2D eigenvalue weighted by Gasteiger charge is 2.12. The smallest absolute Gasteiger partial charge is 0.300 e. The second-order valence-corrected chi connectivity index (χ2v) is 5.22. The van der Waals surface area contributed by atoms with Crippen LogP contribution in [0.1, 0.15) is 13.8 Å². The summed E-state index contributed by atoms with van der Waals surface area (Å²) >= 11 is 0. The first kappa shape index (κ1) is 12.7. The molecule has 0 aliphatic rings. The maximum Gasteiger partial charge on any atom is 0.300 e. The van der Waals surface area contributed by atoms with Gasteiger partial charge in [-0.15, -0.1) is 0 Å². The Kier molecular flexibility index (Phi) is 4.08. The molecule has 0 bridgehead atoms. The lowest BCUT2D eigenvalue weighted by molar-refractivity contribution is 0.475. The van der Waals surface area contributed by atoms with Crippen molar-refractivity contribution in [3.8, 4) is 5.75 Å². The van der Waals surface area contributed by atoms with Crippen molar-refractivity contribution in [1.29, 1.82) is 0 Å². The summed E-state index contributed by atoms with van der Waals surface area (Å²) < 4.78 is 27.5. The molecule has 1 aromatic heterocycles. The van der Waals surface area contributed by atoms with Gasteiger partial charge in [-0.25, -0.2) is 4.98 Å². The van der Waals surface area contributed by atoms with Gasteiger partial charge in [-0.3, -0.25) is 4.72 Å². The second-order valence-electron chi connectivity index (χ2n) is 3.72. The van der Waals surface area contributed by atoms with E-state index in [1.807, 2.05) is 13.8 Å². The van der Waals surface area contributed by atoms with Crippen LogP contribution in [-0.4, -0.2) is 25.1 Å². The van der Waals surface area contributed by atoms with Crippen molar-refractivity contribution in [2.24, 2.45) is 5.92 Å². The zero-order valence-electron chi connectivity index (χ0n) is 9.14. The van der Waals surface area contributed by atoms with Gasteiger partial charge < -0.3 is 5.11 Å². The van der Waals surface area contributed by atoms with E-state index in [0.717, 1.165) is 0 Å². The highest BCUT2D eigenvalue weighted by molar-refractivity contribution is 7.90. The minimum atomic E-state index is -3.67. The molecule has 1 aromatic rings. The molecule has 0 saturated heterocycles. The Balaban J connectivity index is 2.70. The van der Waals surface area contributed by atoms with Crippen LogP contribution >= 0.6 is 0 Å². The number of aromatic hydroxyl groups is 1. The van der Waals surface area contributed by atoms with Crippen LogP contribution in [0.4, 0.5) is 5.82 Å². The van der Waals surface area contributed by atoms with Gasteiger partial charge in [-0.2, -0.15) is 13.1 Å². The topological polar surface area (TPSA) is 91.3 Å². The van der Waals surface area contributed by atoms with Gasteiger partial charge in [0.1, 0.15) is 0 Å². The molecule has 6 nitrogen and oxygen atoms in total. The van der Waals surface area contributed by atoms with Gasteiger partial charge in [-0.05, 0) is 18.1 Å². The van der Waals surface area contributed by atoms with Crippen molar-refractivity contribution >= 4 is 16.0 Å². The fourth-order valence-electron chi connectivity index (χ4n) is 0.915. The highest BCUT2D eigenvalue weighted by Crippen LogP contribution is 2.18. The summed E-state index contributed by atoms with van der Waals surface area (Å²) in [6, 6.07) is 2.86. The molecular formula is C9H15N3O3S. The molecule has 0 atom stereocenters. The molecule has 0 amide bonds. The molecule has 0 unspecified atom stereocenters.